The number of benzene rings is 2. The molecule has 0 spiro atoms. The number of anilines is 1. The molecule has 0 radical (unpaired) electrons. The number of rotatable bonds is 7. The van der Waals surface area contributed by atoms with Crippen molar-refractivity contribution in [2.75, 3.05) is 11.1 Å². The Labute approximate surface area is 147 Å². The smallest absolute Gasteiger partial charge is 0.225 e. The molecule has 0 aliphatic carbocycles. The molecule has 23 heavy (non-hydrogen) atoms. The summed E-state index contributed by atoms with van der Waals surface area (Å²) in [4.78, 5) is 13.4. The minimum absolute atomic E-state index is 0.0714. The van der Waals surface area contributed by atoms with Gasteiger partial charge >= 0.3 is 0 Å². The fourth-order valence-corrected chi connectivity index (χ4v) is 3.38. The number of thioether (sulfide) groups is 1. The Balaban J connectivity index is 1.91. The predicted octanol–water partition coefficient (Wildman–Crippen LogP) is 5.59. The van der Waals surface area contributed by atoms with Crippen LogP contribution in [0.4, 0.5) is 5.69 Å². The lowest BCUT2D eigenvalue weighted by molar-refractivity contribution is -0.115. The Hall–Kier alpha value is -1.45. The zero-order valence-electron chi connectivity index (χ0n) is 13.6. The van der Waals surface area contributed by atoms with Gasteiger partial charge in [-0.15, -0.1) is 11.8 Å². The van der Waals surface area contributed by atoms with Gasteiger partial charge in [-0.25, -0.2) is 0 Å². The first-order valence-electron chi connectivity index (χ1n) is 7.93. The molecule has 122 valence electrons. The maximum atomic E-state index is 12.2. The first-order chi connectivity index (χ1) is 11.1. The van der Waals surface area contributed by atoms with Crippen LogP contribution in [0, 0.1) is 0 Å². The number of halogens is 1. The highest BCUT2D eigenvalue weighted by Crippen LogP contribution is 2.24. The van der Waals surface area contributed by atoms with Gasteiger partial charge < -0.3 is 5.32 Å². The molecule has 0 atom stereocenters. The molecule has 0 aromatic heterocycles. The lowest BCUT2D eigenvalue weighted by Gasteiger charge is -2.14. The SMILES string of the molecule is CCc1cccc(CC)c1NC(=O)CCSc1ccc(Cl)cc1. The summed E-state index contributed by atoms with van der Waals surface area (Å²) in [5.41, 5.74) is 3.39. The van der Waals surface area contributed by atoms with Crippen molar-refractivity contribution in [1.29, 1.82) is 0 Å². The number of carbonyl (C=O) groups excluding carboxylic acids is 1. The standard InChI is InChI=1S/C19H22ClNOS/c1-3-14-6-5-7-15(4-2)19(14)21-18(22)12-13-23-17-10-8-16(20)9-11-17/h5-11H,3-4,12-13H2,1-2H3,(H,21,22). The van der Waals surface area contributed by atoms with Gasteiger partial charge in [-0.3, -0.25) is 4.79 Å². The molecule has 0 aliphatic heterocycles. The fourth-order valence-electron chi connectivity index (χ4n) is 2.40. The Bertz CT molecular complexity index is 633. The number of amides is 1. The summed E-state index contributed by atoms with van der Waals surface area (Å²) in [5, 5.41) is 3.83. The molecular formula is C19H22ClNOS. The van der Waals surface area contributed by atoms with Crippen molar-refractivity contribution in [1.82, 2.24) is 0 Å². The quantitative estimate of drug-likeness (QED) is 0.662. The molecule has 0 saturated heterocycles. The van der Waals surface area contributed by atoms with Crippen molar-refractivity contribution < 1.29 is 4.79 Å². The van der Waals surface area contributed by atoms with E-state index in [9.17, 15) is 4.79 Å². The minimum atomic E-state index is 0.0714. The highest BCUT2D eigenvalue weighted by atomic mass is 35.5. The maximum Gasteiger partial charge on any atom is 0.225 e. The van der Waals surface area contributed by atoms with E-state index in [0.717, 1.165) is 34.2 Å². The van der Waals surface area contributed by atoms with Crippen LogP contribution in [0.25, 0.3) is 0 Å². The number of carbonyl (C=O) groups is 1. The number of para-hydroxylation sites is 1. The molecule has 1 N–H and O–H groups in total. The Morgan fingerprint density at radius 2 is 1.65 bits per heavy atom. The number of hydrogen-bond acceptors (Lipinski definition) is 2. The summed E-state index contributed by atoms with van der Waals surface area (Å²) < 4.78 is 0. The van der Waals surface area contributed by atoms with Crippen LogP contribution in [0.5, 0.6) is 0 Å². The summed E-state index contributed by atoms with van der Waals surface area (Å²) in [6.07, 6.45) is 2.33. The molecule has 2 aromatic carbocycles. The molecule has 2 nitrogen and oxygen atoms in total. The molecular weight excluding hydrogens is 326 g/mol. The maximum absolute atomic E-state index is 12.2. The van der Waals surface area contributed by atoms with Crippen molar-refractivity contribution in [3.8, 4) is 0 Å². The third-order valence-electron chi connectivity index (χ3n) is 3.67. The number of hydrogen-bond donors (Lipinski definition) is 1. The zero-order chi connectivity index (χ0) is 16.7. The fraction of sp³-hybridized carbons (Fsp3) is 0.316. The van der Waals surface area contributed by atoms with E-state index < -0.39 is 0 Å². The lowest BCUT2D eigenvalue weighted by atomic mass is 10.0. The van der Waals surface area contributed by atoms with E-state index in [1.165, 1.54) is 11.1 Å². The molecule has 4 heteroatoms. The number of aryl methyl sites for hydroxylation is 2. The third-order valence-corrected chi connectivity index (χ3v) is 4.94. The second-order valence-corrected chi connectivity index (χ2v) is 6.86. The molecule has 0 fully saturated rings. The highest BCUT2D eigenvalue weighted by Gasteiger charge is 2.10. The summed E-state index contributed by atoms with van der Waals surface area (Å²) in [6.45, 7) is 4.22. The monoisotopic (exact) mass is 347 g/mol. The second-order valence-electron chi connectivity index (χ2n) is 5.26. The van der Waals surface area contributed by atoms with Crippen molar-refractivity contribution in [2.45, 2.75) is 38.0 Å². The van der Waals surface area contributed by atoms with Gasteiger partial charge in [0.1, 0.15) is 0 Å². The van der Waals surface area contributed by atoms with E-state index in [2.05, 4.69) is 37.4 Å². The summed E-state index contributed by atoms with van der Waals surface area (Å²) >= 11 is 7.54. The van der Waals surface area contributed by atoms with Crippen LogP contribution < -0.4 is 5.32 Å². The third kappa shape index (κ3) is 5.29. The van der Waals surface area contributed by atoms with E-state index in [1.807, 2.05) is 24.3 Å². The highest BCUT2D eigenvalue weighted by molar-refractivity contribution is 7.99. The van der Waals surface area contributed by atoms with Crippen molar-refractivity contribution >= 4 is 35.0 Å². The number of nitrogens with one attached hydrogen (secondary N) is 1. The van der Waals surface area contributed by atoms with E-state index in [4.69, 9.17) is 11.6 Å². The van der Waals surface area contributed by atoms with Crippen LogP contribution in [0.2, 0.25) is 5.02 Å². The predicted molar refractivity (Wildman–Crippen MR) is 101 cm³/mol. The van der Waals surface area contributed by atoms with Crippen LogP contribution in [0.15, 0.2) is 47.4 Å². The van der Waals surface area contributed by atoms with Gasteiger partial charge in [0.15, 0.2) is 0 Å². The van der Waals surface area contributed by atoms with E-state index in [-0.39, 0.29) is 5.91 Å². The summed E-state index contributed by atoms with van der Waals surface area (Å²) in [7, 11) is 0. The van der Waals surface area contributed by atoms with Gasteiger partial charge in [-0.1, -0.05) is 43.6 Å². The molecule has 0 aliphatic rings. The van der Waals surface area contributed by atoms with Crippen LogP contribution in [0.3, 0.4) is 0 Å². The van der Waals surface area contributed by atoms with Crippen molar-refractivity contribution in [3.05, 3.63) is 58.6 Å². The van der Waals surface area contributed by atoms with E-state index >= 15 is 0 Å². The van der Waals surface area contributed by atoms with Crippen LogP contribution >= 0.6 is 23.4 Å². The first-order valence-corrected chi connectivity index (χ1v) is 9.29. The average Bonchev–Trinajstić information content (AvgIpc) is 2.57. The van der Waals surface area contributed by atoms with Crippen molar-refractivity contribution in [3.63, 3.8) is 0 Å². The molecule has 1 amide bonds. The first kappa shape index (κ1) is 17.9. The van der Waals surface area contributed by atoms with E-state index in [1.54, 1.807) is 11.8 Å². The lowest BCUT2D eigenvalue weighted by Crippen LogP contribution is -2.15. The Morgan fingerprint density at radius 3 is 2.22 bits per heavy atom. The molecule has 0 heterocycles. The van der Waals surface area contributed by atoms with Crippen LogP contribution in [0.1, 0.15) is 31.4 Å². The molecule has 0 unspecified atom stereocenters. The molecule has 2 aromatic rings. The van der Waals surface area contributed by atoms with Gasteiger partial charge in [-0.2, -0.15) is 0 Å². The average molecular weight is 348 g/mol. The Kier molecular flexibility index (Phi) is 7.00. The van der Waals surface area contributed by atoms with E-state index in [0.29, 0.717) is 6.42 Å². The second kappa shape index (κ2) is 8.99. The summed E-state index contributed by atoms with van der Waals surface area (Å²) in [6, 6.07) is 13.9. The Morgan fingerprint density at radius 1 is 1.04 bits per heavy atom. The van der Waals surface area contributed by atoms with Crippen LogP contribution in [-0.4, -0.2) is 11.7 Å². The molecule has 0 saturated carbocycles. The zero-order valence-corrected chi connectivity index (χ0v) is 15.1. The van der Waals surface area contributed by atoms with Gasteiger partial charge in [0.2, 0.25) is 5.91 Å². The van der Waals surface area contributed by atoms with Gasteiger partial charge in [0.05, 0.1) is 0 Å². The largest absolute Gasteiger partial charge is 0.326 e. The molecule has 0 bridgehead atoms. The van der Waals surface area contributed by atoms with Gasteiger partial charge in [-0.05, 0) is 48.2 Å². The van der Waals surface area contributed by atoms with Gasteiger partial charge in [0.25, 0.3) is 0 Å². The van der Waals surface area contributed by atoms with Crippen molar-refractivity contribution in [2.24, 2.45) is 0 Å². The normalized spacial score (nSPS) is 10.6. The van der Waals surface area contributed by atoms with Gasteiger partial charge in [0, 0.05) is 27.8 Å². The minimum Gasteiger partial charge on any atom is -0.326 e. The van der Waals surface area contributed by atoms with Crippen LogP contribution in [-0.2, 0) is 17.6 Å². The topological polar surface area (TPSA) is 29.1 Å². The molecule has 2 rings (SSSR count). The summed E-state index contributed by atoms with van der Waals surface area (Å²) in [5.74, 6) is 0.825.